The van der Waals surface area contributed by atoms with Crippen LogP contribution in [0.15, 0.2) is 30.6 Å². The van der Waals surface area contributed by atoms with Gasteiger partial charge in [-0.3, -0.25) is 14.8 Å². The minimum Gasteiger partial charge on any atom is -0.294 e. The molecule has 0 atom stereocenters. The number of ketones is 1. The van der Waals surface area contributed by atoms with Gasteiger partial charge in [-0.1, -0.05) is 26.8 Å². The molecule has 0 unspecified atom stereocenters. The molecule has 1 aromatic carbocycles. The van der Waals surface area contributed by atoms with Gasteiger partial charge in [0.2, 0.25) is 0 Å². The van der Waals surface area contributed by atoms with Crippen LogP contribution in [0.5, 0.6) is 0 Å². The molecule has 1 aromatic heterocycles. The highest BCUT2D eigenvalue weighted by Gasteiger charge is 2.24. The second kappa shape index (κ2) is 3.67. The molecule has 0 radical (unpaired) electrons. The minimum absolute atomic E-state index is 0.0959. The first-order chi connectivity index (χ1) is 7.50. The van der Waals surface area contributed by atoms with E-state index in [0.717, 1.165) is 5.52 Å². The summed E-state index contributed by atoms with van der Waals surface area (Å²) >= 11 is 0. The van der Waals surface area contributed by atoms with Gasteiger partial charge in [0.25, 0.3) is 0 Å². The van der Waals surface area contributed by atoms with Gasteiger partial charge in [0.1, 0.15) is 0 Å². The van der Waals surface area contributed by atoms with E-state index in [1.54, 1.807) is 12.4 Å². The number of hydrogen-bond acceptors (Lipinski definition) is 3. The van der Waals surface area contributed by atoms with Crippen molar-refractivity contribution in [3.63, 3.8) is 0 Å². The normalized spacial score (nSPS) is 11.7. The molecule has 0 saturated carbocycles. The van der Waals surface area contributed by atoms with Crippen LogP contribution in [0.4, 0.5) is 0 Å². The smallest absolute Gasteiger partial charge is 0.170 e. The summed E-state index contributed by atoms with van der Waals surface area (Å²) in [4.78, 5) is 20.6. The summed E-state index contributed by atoms with van der Waals surface area (Å²) in [7, 11) is 0. The van der Waals surface area contributed by atoms with Crippen molar-refractivity contribution in [1.29, 1.82) is 0 Å². The van der Waals surface area contributed by atoms with Gasteiger partial charge in [0.05, 0.1) is 11.0 Å². The Kier molecular flexibility index (Phi) is 2.46. The Labute approximate surface area is 94.5 Å². The number of carbonyl (C=O) groups excluding carboxylic acids is 1. The largest absolute Gasteiger partial charge is 0.294 e. The predicted molar refractivity (Wildman–Crippen MR) is 63.3 cm³/mol. The summed E-state index contributed by atoms with van der Waals surface area (Å²) < 4.78 is 0. The molecule has 2 aromatic rings. The Balaban J connectivity index is 2.66. The number of rotatable bonds is 1. The molecule has 3 heteroatoms. The number of nitrogens with zero attached hydrogens (tertiary/aromatic N) is 2. The maximum Gasteiger partial charge on any atom is 0.170 e. The maximum atomic E-state index is 12.2. The number of carbonyl (C=O) groups is 1. The average Bonchev–Trinajstić information content (AvgIpc) is 2.26. The fourth-order valence-electron chi connectivity index (χ4n) is 1.58. The third kappa shape index (κ3) is 1.81. The highest BCUT2D eigenvalue weighted by Crippen LogP contribution is 2.24. The van der Waals surface area contributed by atoms with Gasteiger partial charge in [0, 0.05) is 23.4 Å². The summed E-state index contributed by atoms with van der Waals surface area (Å²) in [5.74, 6) is 0.0959. The molecule has 0 amide bonds. The van der Waals surface area contributed by atoms with Crippen molar-refractivity contribution < 1.29 is 4.79 Å². The zero-order chi connectivity index (χ0) is 11.8. The highest BCUT2D eigenvalue weighted by molar-refractivity contribution is 6.08. The third-order valence-electron chi connectivity index (χ3n) is 2.42. The van der Waals surface area contributed by atoms with Crippen molar-refractivity contribution in [2.45, 2.75) is 20.8 Å². The highest BCUT2D eigenvalue weighted by atomic mass is 16.1. The Hall–Kier alpha value is -1.77. The lowest BCUT2D eigenvalue weighted by molar-refractivity contribution is 0.0860. The summed E-state index contributed by atoms with van der Waals surface area (Å²) in [5, 5.41) is 0. The van der Waals surface area contributed by atoms with Gasteiger partial charge in [-0.25, -0.2) is 0 Å². The van der Waals surface area contributed by atoms with Gasteiger partial charge in [-0.05, 0) is 12.1 Å². The van der Waals surface area contributed by atoms with E-state index in [-0.39, 0.29) is 5.78 Å². The topological polar surface area (TPSA) is 42.9 Å². The predicted octanol–water partition coefficient (Wildman–Crippen LogP) is 2.86. The van der Waals surface area contributed by atoms with Crippen molar-refractivity contribution in [1.82, 2.24) is 9.97 Å². The van der Waals surface area contributed by atoms with Gasteiger partial charge in [0.15, 0.2) is 5.78 Å². The molecular weight excluding hydrogens is 200 g/mol. The second-order valence-electron chi connectivity index (χ2n) is 4.81. The Morgan fingerprint density at radius 2 is 1.81 bits per heavy atom. The van der Waals surface area contributed by atoms with E-state index < -0.39 is 5.41 Å². The van der Waals surface area contributed by atoms with Crippen LogP contribution < -0.4 is 0 Å². The fourth-order valence-corrected chi connectivity index (χ4v) is 1.58. The van der Waals surface area contributed by atoms with Crippen molar-refractivity contribution >= 4 is 16.8 Å². The first-order valence-electron chi connectivity index (χ1n) is 5.25. The molecule has 82 valence electrons. The Morgan fingerprint density at radius 3 is 2.50 bits per heavy atom. The first kappa shape index (κ1) is 10.7. The van der Waals surface area contributed by atoms with Gasteiger partial charge in [-0.15, -0.1) is 0 Å². The average molecular weight is 214 g/mol. The van der Waals surface area contributed by atoms with Crippen LogP contribution >= 0.6 is 0 Å². The quantitative estimate of drug-likeness (QED) is 0.685. The van der Waals surface area contributed by atoms with Crippen LogP contribution in [0, 0.1) is 5.41 Å². The van der Waals surface area contributed by atoms with Gasteiger partial charge >= 0.3 is 0 Å². The zero-order valence-electron chi connectivity index (χ0n) is 9.69. The lowest BCUT2D eigenvalue weighted by Gasteiger charge is -2.17. The minimum atomic E-state index is -0.397. The number of Topliss-reactive ketones (excluding diaryl/α,β-unsaturated/α-hetero) is 1. The maximum absolute atomic E-state index is 12.2. The van der Waals surface area contributed by atoms with Crippen molar-refractivity contribution in [2.75, 3.05) is 0 Å². The lowest BCUT2D eigenvalue weighted by Crippen LogP contribution is -2.20. The molecule has 2 rings (SSSR count). The van der Waals surface area contributed by atoms with E-state index in [9.17, 15) is 4.79 Å². The van der Waals surface area contributed by atoms with E-state index in [1.807, 2.05) is 39.0 Å². The van der Waals surface area contributed by atoms with E-state index in [2.05, 4.69) is 9.97 Å². The summed E-state index contributed by atoms with van der Waals surface area (Å²) in [5.41, 5.74) is 1.70. The SMILES string of the molecule is CC(C)(C)C(=O)c1cccc2nccnc12. The van der Waals surface area contributed by atoms with E-state index >= 15 is 0 Å². The van der Waals surface area contributed by atoms with Crippen molar-refractivity contribution in [3.8, 4) is 0 Å². The first-order valence-corrected chi connectivity index (χ1v) is 5.25. The number of aromatic nitrogens is 2. The van der Waals surface area contributed by atoms with Crippen LogP contribution in [0.3, 0.4) is 0 Å². The van der Waals surface area contributed by atoms with Crippen molar-refractivity contribution in [2.24, 2.45) is 5.41 Å². The Bertz CT molecular complexity index is 536. The monoisotopic (exact) mass is 214 g/mol. The molecule has 0 aliphatic heterocycles. The molecule has 1 heterocycles. The number of benzene rings is 1. The molecule has 0 spiro atoms. The second-order valence-corrected chi connectivity index (χ2v) is 4.81. The fraction of sp³-hybridized carbons (Fsp3) is 0.308. The summed E-state index contributed by atoms with van der Waals surface area (Å²) in [6, 6.07) is 5.52. The molecule has 16 heavy (non-hydrogen) atoms. The number of hydrogen-bond donors (Lipinski definition) is 0. The van der Waals surface area contributed by atoms with Gasteiger partial charge < -0.3 is 0 Å². The van der Waals surface area contributed by atoms with E-state index in [4.69, 9.17) is 0 Å². The van der Waals surface area contributed by atoms with Crippen LogP contribution in [0.2, 0.25) is 0 Å². The van der Waals surface area contributed by atoms with Crippen LogP contribution in [-0.2, 0) is 0 Å². The lowest BCUT2D eigenvalue weighted by atomic mass is 9.86. The molecule has 0 fully saturated rings. The van der Waals surface area contributed by atoms with Crippen LogP contribution in [0.25, 0.3) is 11.0 Å². The van der Waals surface area contributed by atoms with Crippen LogP contribution in [0.1, 0.15) is 31.1 Å². The Morgan fingerprint density at radius 1 is 1.12 bits per heavy atom. The molecule has 0 aliphatic rings. The molecule has 3 nitrogen and oxygen atoms in total. The third-order valence-corrected chi connectivity index (χ3v) is 2.42. The van der Waals surface area contributed by atoms with Crippen molar-refractivity contribution in [3.05, 3.63) is 36.2 Å². The van der Waals surface area contributed by atoms with Gasteiger partial charge in [-0.2, -0.15) is 0 Å². The molecule has 0 saturated heterocycles. The van der Waals surface area contributed by atoms with E-state index in [0.29, 0.717) is 11.1 Å². The van der Waals surface area contributed by atoms with Crippen LogP contribution in [-0.4, -0.2) is 15.8 Å². The number of para-hydroxylation sites is 1. The molecule has 0 N–H and O–H groups in total. The summed E-state index contributed by atoms with van der Waals surface area (Å²) in [6.45, 7) is 5.72. The number of fused-ring (bicyclic) bond motifs is 1. The molecule has 0 aliphatic carbocycles. The van der Waals surface area contributed by atoms with E-state index in [1.165, 1.54) is 0 Å². The molecule has 0 bridgehead atoms. The molecular formula is C13H14N2O. The zero-order valence-corrected chi connectivity index (χ0v) is 9.69. The summed E-state index contributed by atoms with van der Waals surface area (Å²) in [6.07, 6.45) is 3.25. The standard InChI is InChI=1S/C13H14N2O/c1-13(2,3)12(16)9-5-4-6-10-11(9)15-8-7-14-10/h4-8H,1-3H3.